The molecule has 0 spiro atoms. The summed E-state index contributed by atoms with van der Waals surface area (Å²) in [4.78, 5) is 11.7. The summed E-state index contributed by atoms with van der Waals surface area (Å²) in [7, 11) is 1.40. The molecule has 8 heteroatoms. The molecule has 4 N–H and O–H groups in total. The van der Waals surface area contributed by atoms with Crippen LogP contribution in [0.2, 0.25) is 0 Å². The van der Waals surface area contributed by atoms with Crippen LogP contribution in [0.4, 0.5) is 0 Å². The van der Waals surface area contributed by atoms with Crippen LogP contribution in [-0.4, -0.2) is 70.6 Å². The van der Waals surface area contributed by atoms with Crippen LogP contribution < -0.4 is 9.47 Å². The van der Waals surface area contributed by atoms with Gasteiger partial charge >= 0.3 is 0 Å². The van der Waals surface area contributed by atoms with Crippen molar-refractivity contribution in [2.45, 2.75) is 44.1 Å². The van der Waals surface area contributed by atoms with Crippen molar-refractivity contribution in [2.75, 3.05) is 13.7 Å². The van der Waals surface area contributed by atoms with E-state index in [-0.39, 0.29) is 17.3 Å². The van der Waals surface area contributed by atoms with Crippen LogP contribution in [0.1, 0.15) is 23.7 Å². The third-order valence-electron chi connectivity index (χ3n) is 3.90. The first-order valence-electron chi connectivity index (χ1n) is 7.61. The fraction of sp³-hybridized carbons (Fsp3) is 0.562. The van der Waals surface area contributed by atoms with Crippen molar-refractivity contribution < 1.29 is 39.4 Å². The largest absolute Gasteiger partial charge is 0.493 e. The number of rotatable bonds is 6. The van der Waals surface area contributed by atoms with Crippen LogP contribution in [0.25, 0.3) is 0 Å². The molecule has 0 unspecified atom stereocenters. The summed E-state index contributed by atoms with van der Waals surface area (Å²) in [6.45, 7) is 1.19. The average Bonchev–Trinajstić information content (AvgIpc) is 2.61. The standard InChI is InChI=1S/C16H22O8/c1-3-9(18)8-4-5-10(11(6-8)22-2)23-16-15(21)14(20)13(19)12(7-17)24-16/h4-6,12-17,19-21H,3,7H2,1-2H3/t12-,13-,14+,15-,16+/m1/s1. The maximum Gasteiger partial charge on any atom is 0.229 e. The summed E-state index contributed by atoms with van der Waals surface area (Å²) in [5.74, 6) is 0.383. The van der Waals surface area contributed by atoms with E-state index in [1.165, 1.54) is 19.2 Å². The van der Waals surface area contributed by atoms with Crippen LogP contribution >= 0.6 is 0 Å². The molecule has 0 aliphatic carbocycles. The number of Topliss-reactive ketones (excluding diaryl/α,β-unsaturated/α-hetero) is 1. The van der Waals surface area contributed by atoms with Gasteiger partial charge in [-0.2, -0.15) is 0 Å². The predicted octanol–water partition coefficient (Wildman–Crippen LogP) is -0.533. The average molecular weight is 342 g/mol. The first-order valence-corrected chi connectivity index (χ1v) is 7.61. The molecule has 0 amide bonds. The number of methoxy groups -OCH3 is 1. The Morgan fingerprint density at radius 3 is 2.46 bits per heavy atom. The van der Waals surface area contributed by atoms with E-state index in [4.69, 9.17) is 14.2 Å². The van der Waals surface area contributed by atoms with Gasteiger partial charge in [-0.05, 0) is 18.2 Å². The normalized spacial score (nSPS) is 30.0. The van der Waals surface area contributed by atoms with E-state index in [2.05, 4.69) is 0 Å². The van der Waals surface area contributed by atoms with Gasteiger partial charge in [0.15, 0.2) is 17.3 Å². The van der Waals surface area contributed by atoms with Crippen LogP contribution in [0.15, 0.2) is 18.2 Å². The fourth-order valence-electron chi connectivity index (χ4n) is 2.43. The van der Waals surface area contributed by atoms with Gasteiger partial charge in [-0.1, -0.05) is 6.92 Å². The summed E-state index contributed by atoms with van der Waals surface area (Å²) >= 11 is 0. The molecule has 1 aromatic carbocycles. The Bertz CT molecular complexity index is 573. The Morgan fingerprint density at radius 2 is 1.88 bits per heavy atom. The minimum Gasteiger partial charge on any atom is -0.493 e. The topological polar surface area (TPSA) is 126 Å². The summed E-state index contributed by atoms with van der Waals surface area (Å²) in [6.07, 6.45) is -6.56. The Morgan fingerprint density at radius 1 is 1.17 bits per heavy atom. The van der Waals surface area contributed by atoms with Crippen molar-refractivity contribution in [1.29, 1.82) is 0 Å². The van der Waals surface area contributed by atoms with Crippen molar-refractivity contribution in [2.24, 2.45) is 0 Å². The van der Waals surface area contributed by atoms with E-state index in [1.807, 2.05) is 0 Å². The Kier molecular flexibility index (Phi) is 6.14. The van der Waals surface area contributed by atoms with Gasteiger partial charge in [0.1, 0.15) is 24.4 Å². The molecule has 134 valence electrons. The predicted molar refractivity (Wildman–Crippen MR) is 82.0 cm³/mol. The zero-order valence-corrected chi connectivity index (χ0v) is 13.5. The number of ketones is 1. The second kappa shape index (κ2) is 7.91. The molecule has 1 aliphatic rings. The highest BCUT2D eigenvalue weighted by Gasteiger charge is 2.44. The molecule has 1 aromatic rings. The van der Waals surface area contributed by atoms with Crippen molar-refractivity contribution in [1.82, 2.24) is 0 Å². The smallest absolute Gasteiger partial charge is 0.229 e. The van der Waals surface area contributed by atoms with Crippen molar-refractivity contribution >= 4 is 5.78 Å². The number of ether oxygens (including phenoxy) is 3. The maximum atomic E-state index is 11.7. The molecular weight excluding hydrogens is 320 g/mol. The molecule has 8 nitrogen and oxygen atoms in total. The van der Waals surface area contributed by atoms with E-state index < -0.39 is 37.3 Å². The minimum absolute atomic E-state index is 0.0623. The lowest BCUT2D eigenvalue weighted by Gasteiger charge is -2.39. The molecule has 0 saturated carbocycles. The highest BCUT2D eigenvalue weighted by Crippen LogP contribution is 2.32. The third kappa shape index (κ3) is 3.68. The summed E-state index contributed by atoms with van der Waals surface area (Å²) in [6, 6.07) is 4.54. The zero-order valence-electron chi connectivity index (χ0n) is 13.5. The van der Waals surface area contributed by atoms with Gasteiger partial charge in [0.05, 0.1) is 13.7 Å². The van der Waals surface area contributed by atoms with Crippen LogP contribution in [-0.2, 0) is 4.74 Å². The van der Waals surface area contributed by atoms with E-state index in [9.17, 15) is 25.2 Å². The zero-order chi connectivity index (χ0) is 17.9. The van der Waals surface area contributed by atoms with Crippen molar-refractivity contribution in [3.8, 4) is 11.5 Å². The number of carbonyl (C=O) groups excluding carboxylic acids is 1. The van der Waals surface area contributed by atoms with Gasteiger partial charge in [-0.15, -0.1) is 0 Å². The van der Waals surface area contributed by atoms with Gasteiger partial charge in [0.2, 0.25) is 6.29 Å². The molecule has 1 fully saturated rings. The molecule has 5 atom stereocenters. The second-order valence-corrected chi connectivity index (χ2v) is 5.46. The molecule has 0 bridgehead atoms. The van der Waals surface area contributed by atoms with Crippen LogP contribution in [0, 0.1) is 0 Å². The van der Waals surface area contributed by atoms with Gasteiger partial charge in [-0.3, -0.25) is 4.79 Å². The lowest BCUT2D eigenvalue weighted by Crippen LogP contribution is -2.60. The third-order valence-corrected chi connectivity index (χ3v) is 3.90. The van der Waals surface area contributed by atoms with Crippen molar-refractivity contribution in [3.05, 3.63) is 23.8 Å². The lowest BCUT2D eigenvalue weighted by molar-refractivity contribution is -0.277. The highest BCUT2D eigenvalue weighted by atomic mass is 16.7. The number of carbonyl (C=O) groups is 1. The van der Waals surface area contributed by atoms with Crippen molar-refractivity contribution in [3.63, 3.8) is 0 Å². The van der Waals surface area contributed by atoms with Gasteiger partial charge < -0.3 is 34.6 Å². The van der Waals surface area contributed by atoms with Gasteiger partial charge in [0, 0.05) is 12.0 Å². The Balaban J connectivity index is 2.21. The van der Waals surface area contributed by atoms with E-state index in [1.54, 1.807) is 13.0 Å². The monoisotopic (exact) mass is 342 g/mol. The molecule has 24 heavy (non-hydrogen) atoms. The molecular formula is C16H22O8. The SMILES string of the molecule is CCC(=O)c1ccc(O[C@H]2O[C@H](CO)[C@@H](O)[C@H](O)[C@H]2O)c(OC)c1. The lowest BCUT2D eigenvalue weighted by atomic mass is 9.99. The summed E-state index contributed by atoms with van der Waals surface area (Å²) in [5, 5.41) is 38.7. The number of hydrogen-bond acceptors (Lipinski definition) is 8. The fourth-order valence-corrected chi connectivity index (χ4v) is 2.43. The van der Waals surface area contributed by atoms with Gasteiger partial charge in [-0.25, -0.2) is 0 Å². The first kappa shape index (κ1) is 18.6. The second-order valence-electron chi connectivity index (χ2n) is 5.46. The van der Waals surface area contributed by atoms with E-state index >= 15 is 0 Å². The number of aliphatic hydroxyl groups excluding tert-OH is 4. The first-order chi connectivity index (χ1) is 11.4. The summed E-state index contributed by atoms with van der Waals surface area (Å²) < 4.78 is 16.0. The molecule has 1 saturated heterocycles. The number of hydrogen-bond donors (Lipinski definition) is 4. The van der Waals surface area contributed by atoms with E-state index in [0.717, 1.165) is 0 Å². The van der Waals surface area contributed by atoms with Crippen LogP contribution in [0.3, 0.4) is 0 Å². The van der Waals surface area contributed by atoms with E-state index in [0.29, 0.717) is 12.0 Å². The molecule has 2 rings (SSSR count). The maximum absolute atomic E-state index is 11.7. The number of aliphatic hydroxyl groups is 4. The van der Waals surface area contributed by atoms with Crippen LogP contribution in [0.5, 0.6) is 11.5 Å². The molecule has 1 heterocycles. The Hall–Kier alpha value is -1.71. The quantitative estimate of drug-likeness (QED) is 0.508. The van der Waals surface area contributed by atoms with Gasteiger partial charge in [0.25, 0.3) is 0 Å². The highest BCUT2D eigenvalue weighted by molar-refractivity contribution is 5.96. The minimum atomic E-state index is -1.53. The molecule has 0 aromatic heterocycles. The number of benzene rings is 1. The molecule has 0 radical (unpaired) electrons. The molecule has 1 aliphatic heterocycles. The Labute approximate surface area is 139 Å². The summed E-state index contributed by atoms with van der Waals surface area (Å²) in [5.41, 5.74) is 0.454.